The quantitative estimate of drug-likeness (QED) is 0.857. The Kier molecular flexibility index (Phi) is 4.23. The molecule has 0 fully saturated rings. The molecule has 0 aliphatic heterocycles. The van der Waals surface area contributed by atoms with Gasteiger partial charge in [0.05, 0.1) is 12.7 Å². The van der Waals surface area contributed by atoms with E-state index in [0.29, 0.717) is 18.8 Å². The SMILES string of the molecule is NCCn1cc(S(=O)(=O)Nc2cccc(Br)c2)cn1. The third-order valence-corrected chi connectivity index (χ3v) is 4.18. The lowest BCUT2D eigenvalue weighted by Gasteiger charge is -2.06. The molecular formula is C11H13BrN4O2S. The van der Waals surface area contributed by atoms with Crippen molar-refractivity contribution in [1.29, 1.82) is 0 Å². The van der Waals surface area contributed by atoms with Crippen LogP contribution in [0, 0.1) is 0 Å². The Morgan fingerprint density at radius 2 is 2.21 bits per heavy atom. The summed E-state index contributed by atoms with van der Waals surface area (Å²) >= 11 is 3.29. The monoisotopic (exact) mass is 344 g/mol. The van der Waals surface area contributed by atoms with E-state index in [0.717, 1.165) is 4.47 Å². The molecule has 6 nitrogen and oxygen atoms in total. The van der Waals surface area contributed by atoms with E-state index in [1.54, 1.807) is 18.2 Å². The van der Waals surface area contributed by atoms with Crippen LogP contribution in [0.2, 0.25) is 0 Å². The van der Waals surface area contributed by atoms with Gasteiger partial charge in [-0.3, -0.25) is 9.40 Å². The topological polar surface area (TPSA) is 90.0 Å². The first-order valence-corrected chi connectivity index (χ1v) is 7.80. The van der Waals surface area contributed by atoms with E-state index < -0.39 is 10.0 Å². The van der Waals surface area contributed by atoms with Crippen LogP contribution in [0.4, 0.5) is 5.69 Å². The average Bonchev–Trinajstić information content (AvgIpc) is 2.78. The third kappa shape index (κ3) is 3.55. The number of nitrogens with zero attached hydrogens (tertiary/aromatic N) is 2. The predicted molar refractivity (Wildman–Crippen MR) is 76.2 cm³/mol. The lowest BCUT2D eigenvalue weighted by atomic mass is 10.3. The number of nitrogens with two attached hydrogens (primary N) is 1. The molecule has 0 aliphatic carbocycles. The number of nitrogens with one attached hydrogen (secondary N) is 1. The molecule has 1 aromatic carbocycles. The van der Waals surface area contributed by atoms with Gasteiger partial charge in [-0.25, -0.2) is 8.42 Å². The Hall–Kier alpha value is -1.38. The molecule has 0 radical (unpaired) electrons. The summed E-state index contributed by atoms with van der Waals surface area (Å²) in [6.45, 7) is 0.882. The van der Waals surface area contributed by atoms with Crippen molar-refractivity contribution >= 4 is 31.6 Å². The lowest BCUT2D eigenvalue weighted by Crippen LogP contribution is -2.13. The summed E-state index contributed by atoms with van der Waals surface area (Å²) in [6, 6.07) is 6.92. The zero-order chi connectivity index (χ0) is 13.9. The molecule has 3 N–H and O–H groups in total. The van der Waals surface area contributed by atoms with E-state index in [-0.39, 0.29) is 4.90 Å². The van der Waals surface area contributed by atoms with Crippen LogP contribution in [0.3, 0.4) is 0 Å². The van der Waals surface area contributed by atoms with Crippen LogP contribution in [-0.2, 0) is 16.6 Å². The fraction of sp³-hybridized carbons (Fsp3) is 0.182. The molecule has 0 saturated carbocycles. The van der Waals surface area contributed by atoms with Gasteiger partial charge in [-0.2, -0.15) is 5.10 Å². The van der Waals surface area contributed by atoms with Gasteiger partial charge in [-0.05, 0) is 18.2 Å². The van der Waals surface area contributed by atoms with Crippen molar-refractivity contribution in [3.63, 3.8) is 0 Å². The van der Waals surface area contributed by atoms with Crippen molar-refractivity contribution in [3.05, 3.63) is 41.1 Å². The van der Waals surface area contributed by atoms with Crippen molar-refractivity contribution in [2.75, 3.05) is 11.3 Å². The van der Waals surface area contributed by atoms with Gasteiger partial charge >= 0.3 is 0 Å². The molecule has 8 heteroatoms. The summed E-state index contributed by atoms with van der Waals surface area (Å²) in [4.78, 5) is 0.112. The van der Waals surface area contributed by atoms with Gasteiger partial charge in [0.15, 0.2) is 0 Å². The molecule has 2 rings (SSSR count). The molecule has 0 bridgehead atoms. The number of sulfonamides is 1. The molecule has 0 amide bonds. The van der Waals surface area contributed by atoms with Gasteiger partial charge in [-0.15, -0.1) is 0 Å². The highest BCUT2D eigenvalue weighted by molar-refractivity contribution is 9.10. The van der Waals surface area contributed by atoms with E-state index in [4.69, 9.17) is 5.73 Å². The molecule has 0 atom stereocenters. The first-order valence-electron chi connectivity index (χ1n) is 5.52. The molecule has 0 unspecified atom stereocenters. The fourth-order valence-corrected chi connectivity index (χ4v) is 2.90. The normalized spacial score (nSPS) is 11.5. The van der Waals surface area contributed by atoms with E-state index in [1.807, 2.05) is 6.07 Å². The van der Waals surface area contributed by atoms with Gasteiger partial charge in [0.2, 0.25) is 0 Å². The van der Waals surface area contributed by atoms with Crippen LogP contribution in [0.5, 0.6) is 0 Å². The Morgan fingerprint density at radius 3 is 2.89 bits per heavy atom. The van der Waals surface area contributed by atoms with Crippen molar-refractivity contribution in [3.8, 4) is 0 Å². The van der Waals surface area contributed by atoms with E-state index >= 15 is 0 Å². The number of rotatable bonds is 5. The average molecular weight is 345 g/mol. The molecule has 1 heterocycles. The Morgan fingerprint density at radius 1 is 1.42 bits per heavy atom. The molecule has 0 saturated heterocycles. The Bertz CT molecular complexity index is 669. The molecule has 1 aromatic heterocycles. The molecule has 0 aliphatic rings. The van der Waals surface area contributed by atoms with Gasteiger partial charge in [0.1, 0.15) is 4.90 Å². The lowest BCUT2D eigenvalue weighted by molar-refractivity contribution is 0.599. The zero-order valence-electron chi connectivity index (χ0n) is 9.95. The largest absolute Gasteiger partial charge is 0.329 e. The van der Waals surface area contributed by atoms with Crippen molar-refractivity contribution < 1.29 is 8.42 Å². The smallest absolute Gasteiger partial charge is 0.265 e. The van der Waals surface area contributed by atoms with Crippen molar-refractivity contribution in [2.45, 2.75) is 11.4 Å². The first-order chi connectivity index (χ1) is 9.01. The maximum absolute atomic E-state index is 12.1. The Labute approximate surface area is 119 Å². The molecular weight excluding hydrogens is 332 g/mol. The Balaban J connectivity index is 2.22. The molecule has 102 valence electrons. The van der Waals surface area contributed by atoms with Crippen molar-refractivity contribution in [1.82, 2.24) is 9.78 Å². The highest BCUT2D eigenvalue weighted by Gasteiger charge is 2.16. The minimum atomic E-state index is -3.62. The number of anilines is 1. The van der Waals surface area contributed by atoms with Crippen LogP contribution in [-0.4, -0.2) is 24.7 Å². The van der Waals surface area contributed by atoms with Gasteiger partial charge in [-0.1, -0.05) is 22.0 Å². The van der Waals surface area contributed by atoms with Crippen LogP contribution >= 0.6 is 15.9 Å². The van der Waals surface area contributed by atoms with E-state index in [1.165, 1.54) is 17.1 Å². The summed E-state index contributed by atoms with van der Waals surface area (Å²) in [7, 11) is -3.62. The van der Waals surface area contributed by atoms with Crippen molar-refractivity contribution in [2.24, 2.45) is 5.73 Å². The molecule has 0 spiro atoms. The minimum absolute atomic E-state index is 0.112. The summed E-state index contributed by atoms with van der Waals surface area (Å²) < 4.78 is 29.0. The minimum Gasteiger partial charge on any atom is -0.329 e. The third-order valence-electron chi connectivity index (χ3n) is 2.35. The first kappa shape index (κ1) is 14.0. The second-order valence-electron chi connectivity index (χ2n) is 3.84. The summed E-state index contributed by atoms with van der Waals surface area (Å²) in [5.41, 5.74) is 5.87. The summed E-state index contributed by atoms with van der Waals surface area (Å²) in [5.74, 6) is 0. The van der Waals surface area contributed by atoms with Gasteiger partial charge < -0.3 is 5.73 Å². The van der Waals surface area contributed by atoms with E-state index in [9.17, 15) is 8.42 Å². The summed E-state index contributed by atoms with van der Waals surface area (Å²) in [6.07, 6.45) is 2.75. The predicted octanol–water partition coefficient (Wildman–Crippen LogP) is 1.41. The highest BCUT2D eigenvalue weighted by Crippen LogP contribution is 2.19. The number of benzene rings is 1. The second-order valence-corrected chi connectivity index (χ2v) is 6.44. The van der Waals surface area contributed by atoms with Crippen LogP contribution in [0.1, 0.15) is 0 Å². The van der Waals surface area contributed by atoms with Gasteiger partial charge in [0, 0.05) is 22.9 Å². The van der Waals surface area contributed by atoms with Crippen LogP contribution < -0.4 is 10.5 Å². The van der Waals surface area contributed by atoms with E-state index in [2.05, 4.69) is 25.8 Å². The van der Waals surface area contributed by atoms with Crippen LogP contribution in [0.25, 0.3) is 0 Å². The zero-order valence-corrected chi connectivity index (χ0v) is 12.4. The highest BCUT2D eigenvalue weighted by atomic mass is 79.9. The molecule has 2 aromatic rings. The maximum Gasteiger partial charge on any atom is 0.265 e. The number of hydrogen-bond acceptors (Lipinski definition) is 4. The number of hydrogen-bond donors (Lipinski definition) is 2. The summed E-state index contributed by atoms with van der Waals surface area (Å²) in [5, 5.41) is 3.94. The number of aromatic nitrogens is 2. The maximum atomic E-state index is 12.1. The molecule has 19 heavy (non-hydrogen) atoms. The van der Waals surface area contributed by atoms with Crippen LogP contribution in [0.15, 0.2) is 46.0 Å². The standard InChI is InChI=1S/C11H13BrN4O2S/c12-9-2-1-3-10(6-9)15-19(17,18)11-7-14-16(8-11)5-4-13/h1-3,6-8,15H,4-5,13H2. The second kappa shape index (κ2) is 5.72. The number of halogens is 1. The fourth-order valence-electron chi connectivity index (χ4n) is 1.50. The van der Waals surface area contributed by atoms with Gasteiger partial charge in [0.25, 0.3) is 10.0 Å².